The van der Waals surface area contributed by atoms with E-state index in [1.807, 2.05) is 0 Å². The molecule has 0 bridgehead atoms. The van der Waals surface area contributed by atoms with Gasteiger partial charge in [0.25, 0.3) is 0 Å². The van der Waals surface area contributed by atoms with Crippen LogP contribution in [0.15, 0.2) is 24.3 Å². The Balaban J connectivity index is 3.50. The Morgan fingerprint density at radius 2 is 0.826 bits per heavy atom. The Morgan fingerprint density at radius 1 is 0.478 bits per heavy atom. The number of ether oxygens (including phenoxy) is 2. The van der Waals surface area contributed by atoms with Crippen molar-refractivity contribution in [2.75, 3.05) is 13.2 Å². The highest BCUT2D eigenvalue weighted by Crippen LogP contribution is 2.14. The van der Waals surface area contributed by atoms with Gasteiger partial charge in [-0.05, 0) is 57.8 Å². The Morgan fingerprint density at radius 3 is 1.24 bits per heavy atom. The molecule has 0 fully saturated rings. The van der Waals surface area contributed by atoms with E-state index in [0.29, 0.717) is 12.8 Å². The van der Waals surface area contributed by atoms with E-state index in [9.17, 15) is 14.7 Å². The van der Waals surface area contributed by atoms with Gasteiger partial charge in [-0.15, -0.1) is 0 Å². The number of hydrogen-bond donors (Lipinski definition) is 1. The summed E-state index contributed by atoms with van der Waals surface area (Å²) in [4.78, 5) is 24.2. The fourth-order valence-electron chi connectivity index (χ4n) is 5.65. The van der Waals surface area contributed by atoms with Gasteiger partial charge < -0.3 is 14.6 Å². The predicted octanol–water partition coefficient (Wildman–Crippen LogP) is 12.3. The average molecular weight is 649 g/mol. The van der Waals surface area contributed by atoms with E-state index in [2.05, 4.69) is 38.2 Å². The van der Waals surface area contributed by atoms with Crippen molar-refractivity contribution in [2.45, 2.75) is 213 Å². The number of carbonyl (C=O) groups excluding carboxylic acids is 2. The van der Waals surface area contributed by atoms with Crippen molar-refractivity contribution >= 4 is 11.9 Å². The third-order valence-corrected chi connectivity index (χ3v) is 8.72. The van der Waals surface area contributed by atoms with E-state index >= 15 is 0 Å². The summed E-state index contributed by atoms with van der Waals surface area (Å²) in [5, 5.41) is 9.53. The van der Waals surface area contributed by atoms with Crippen LogP contribution in [0, 0.1) is 0 Å². The van der Waals surface area contributed by atoms with Crippen LogP contribution >= 0.6 is 0 Å². The van der Waals surface area contributed by atoms with Crippen LogP contribution in [0.5, 0.6) is 0 Å². The van der Waals surface area contributed by atoms with Gasteiger partial charge in [0.2, 0.25) is 0 Å². The SMILES string of the molecule is CCCC/C=C/CCCCCCCC(=O)O[C@@H](CO)COC(=O)CCCCCCCCCCCCC/C=C/CCCCCCCC. The van der Waals surface area contributed by atoms with Crippen molar-refractivity contribution in [3.8, 4) is 0 Å². The summed E-state index contributed by atoms with van der Waals surface area (Å²) in [5.74, 6) is -0.598. The van der Waals surface area contributed by atoms with Crippen LogP contribution in [0.3, 0.4) is 0 Å². The minimum absolute atomic E-state index is 0.0667. The van der Waals surface area contributed by atoms with E-state index < -0.39 is 6.10 Å². The third kappa shape index (κ3) is 35.2. The third-order valence-electron chi connectivity index (χ3n) is 8.72. The number of carbonyl (C=O) groups is 2. The smallest absolute Gasteiger partial charge is 0.306 e. The van der Waals surface area contributed by atoms with Gasteiger partial charge in [0.05, 0.1) is 6.61 Å². The van der Waals surface area contributed by atoms with E-state index in [1.165, 1.54) is 135 Å². The zero-order chi connectivity index (χ0) is 33.6. The molecule has 0 heterocycles. The summed E-state index contributed by atoms with van der Waals surface area (Å²) < 4.78 is 10.6. The summed E-state index contributed by atoms with van der Waals surface area (Å²) in [6.45, 7) is 4.09. The monoisotopic (exact) mass is 649 g/mol. The van der Waals surface area contributed by atoms with Crippen LogP contribution in [-0.2, 0) is 19.1 Å². The van der Waals surface area contributed by atoms with Gasteiger partial charge in [-0.2, -0.15) is 0 Å². The van der Waals surface area contributed by atoms with Gasteiger partial charge in [0.1, 0.15) is 6.61 Å². The number of aliphatic hydroxyl groups excluding tert-OH is 1. The lowest BCUT2D eigenvalue weighted by atomic mass is 10.0. The minimum Gasteiger partial charge on any atom is -0.462 e. The molecule has 0 saturated heterocycles. The van der Waals surface area contributed by atoms with Crippen LogP contribution in [0.25, 0.3) is 0 Å². The molecule has 0 aliphatic rings. The van der Waals surface area contributed by atoms with Crippen molar-refractivity contribution in [2.24, 2.45) is 0 Å². The molecule has 0 saturated carbocycles. The lowest BCUT2D eigenvalue weighted by Crippen LogP contribution is -2.28. The second kappa shape index (κ2) is 37.8. The van der Waals surface area contributed by atoms with Gasteiger partial charge in [-0.3, -0.25) is 9.59 Å². The molecule has 0 spiro atoms. The largest absolute Gasteiger partial charge is 0.462 e. The van der Waals surface area contributed by atoms with Gasteiger partial charge in [0, 0.05) is 12.8 Å². The molecular weight excluding hydrogens is 572 g/mol. The standard InChI is InChI=1S/C41H76O5/c1-3-5-7-9-11-13-15-16-17-18-19-20-21-22-23-24-26-27-29-31-33-35-40(43)45-38-39(37-42)46-41(44)36-34-32-30-28-25-14-12-10-8-6-4-2/h10,12,16-17,39,42H,3-9,11,13-15,18-38H2,1-2H3/b12-10+,17-16+/t39-/m0/s1. The van der Waals surface area contributed by atoms with E-state index in [0.717, 1.165) is 44.9 Å². The van der Waals surface area contributed by atoms with E-state index in [1.54, 1.807) is 0 Å². The van der Waals surface area contributed by atoms with E-state index in [4.69, 9.17) is 9.47 Å². The number of hydrogen-bond acceptors (Lipinski definition) is 5. The van der Waals surface area contributed by atoms with Gasteiger partial charge in [0.15, 0.2) is 6.10 Å². The predicted molar refractivity (Wildman–Crippen MR) is 196 cm³/mol. The Hall–Kier alpha value is -1.62. The molecule has 1 atom stereocenters. The van der Waals surface area contributed by atoms with Crippen molar-refractivity contribution < 1.29 is 24.2 Å². The Kier molecular flexibility index (Phi) is 36.5. The molecule has 0 unspecified atom stereocenters. The van der Waals surface area contributed by atoms with Gasteiger partial charge in [-0.25, -0.2) is 0 Å². The van der Waals surface area contributed by atoms with Gasteiger partial charge >= 0.3 is 11.9 Å². The van der Waals surface area contributed by atoms with Crippen LogP contribution in [0.2, 0.25) is 0 Å². The topological polar surface area (TPSA) is 72.8 Å². The number of aliphatic hydroxyl groups is 1. The first-order valence-electron chi connectivity index (χ1n) is 19.9. The molecule has 270 valence electrons. The number of unbranched alkanes of at least 4 members (excludes halogenated alkanes) is 24. The molecule has 46 heavy (non-hydrogen) atoms. The highest BCUT2D eigenvalue weighted by atomic mass is 16.6. The second-order valence-corrected chi connectivity index (χ2v) is 13.4. The number of rotatable bonds is 36. The first kappa shape index (κ1) is 44.4. The Labute approximate surface area is 285 Å². The van der Waals surface area contributed by atoms with Crippen LogP contribution in [0.4, 0.5) is 0 Å². The molecule has 0 radical (unpaired) electrons. The first-order valence-corrected chi connectivity index (χ1v) is 19.9. The lowest BCUT2D eigenvalue weighted by Gasteiger charge is -2.15. The summed E-state index contributed by atoms with van der Waals surface area (Å²) in [6.07, 6.45) is 43.9. The molecule has 0 aliphatic heterocycles. The molecule has 0 amide bonds. The fourth-order valence-corrected chi connectivity index (χ4v) is 5.65. The molecule has 5 nitrogen and oxygen atoms in total. The first-order chi connectivity index (χ1) is 22.6. The molecular formula is C41H76O5. The highest BCUT2D eigenvalue weighted by molar-refractivity contribution is 5.70. The summed E-state index contributed by atoms with van der Waals surface area (Å²) >= 11 is 0. The highest BCUT2D eigenvalue weighted by Gasteiger charge is 2.16. The lowest BCUT2D eigenvalue weighted by molar-refractivity contribution is -0.161. The average Bonchev–Trinajstić information content (AvgIpc) is 3.06. The van der Waals surface area contributed by atoms with E-state index in [-0.39, 0.29) is 25.2 Å². The fraction of sp³-hybridized carbons (Fsp3) is 0.854. The number of esters is 2. The zero-order valence-corrected chi connectivity index (χ0v) is 30.6. The minimum atomic E-state index is -0.771. The number of allylic oxidation sites excluding steroid dienone is 4. The van der Waals surface area contributed by atoms with Crippen molar-refractivity contribution in [1.82, 2.24) is 0 Å². The molecule has 0 aromatic heterocycles. The molecule has 0 aromatic carbocycles. The molecule has 0 rings (SSSR count). The normalized spacial score (nSPS) is 12.3. The summed E-state index contributed by atoms with van der Waals surface area (Å²) in [5.41, 5.74) is 0. The maximum atomic E-state index is 12.1. The van der Waals surface area contributed by atoms with Gasteiger partial charge in [-0.1, -0.05) is 160 Å². The maximum absolute atomic E-state index is 12.1. The van der Waals surface area contributed by atoms with Crippen molar-refractivity contribution in [3.63, 3.8) is 0 Å². The zero-order valence-electron chi connectivity index (χ0n) is 30.6. The maximum Gasteiger partial charge on any atom is 0.306 e. The van der Waals surface area contributed by atoms with Crippen molar-refractivity contribution in [1.29, 1.82) is 0 Å². The van der Waals surface area contributed by atoms with Crippen LogP contribution < -0.4 is 0 Å². The summed E-state index contributed by atoms with van der Waals surface area (Å²) in [6, 6.07) is 0. The quantitative estimate of drug-likeness (QED) is 0.0416. The Bertz CT molecular complexity index is 701. The molecule has 0 aromatic rings. The second-order valence-electron chi connectivity index (χ2n) is 13.4. The molecule has 1 N–H and O–H groups in total. The van der Waals surface area contributed by atoms with Crippen LogP contribution in [0.1, 0.15) is 206 Å². The summed E-state index contributed by atoms with van der Waals surface area (Å²) in [7, 11) is 0. The van der Waals surface area contributed by atoms with Crippen LogP contribution in [-0.4, -0.2) is 36.4 Å². The molecule has 0 aliphatic carbocycles. The van der Waals surface area contributed by atoms with Crippen molar-refractivity contribution in [3.05, 3.63) is 24.3 Å². The molecule has 5 heteroatoms.